The van der Waals surface area contributed by atoms with Gasteiger partial charge in [-0.1, -0.05) is 53.8 Å². The average molecular weight is 315 g/mol. The smallest absolute Gasteiger partial charge is 0.408 e. The van der Waals surface area contributed by atoms with Crippen molar-refractivity contribution in [2.24, 2.45) is 0 Å². The van der Waals surface area contributed by atoms with E-state index in [0.29, 0.717) is 16.3 Å². The zero-order valence-corrected chi connectivity index (χ0v) is 12.6. The maximum atomic E-state index is 11.5. The topological polar surface area (TPSA) is 64.3 Å². The van der Waals surface area contributed by atoms with Crippen molar-refractivity contribution in [3.63, 3.8) is 0 Å². The second-order valence-electron chi connectivity index (χ2n) is 4.45. The van der Waals surface area contributed by atoms with Gasteiger partial charge in [0.05, 0.1) is 6.54 Å². The molecule has 0 aromatic heterocycles. The van der Waals surface area contributed by atoms with E-state index in [2.05, 4.69) is 17.2 Å². The third-order valence-electron chi connectivity index (χ3n) is 2.77. The van der Waals surface area contributed by atoms with E-state index in [1.165, 1.54) is 0 Å². The minimum atomic E-state index is -0.512. The molecule has 2 rings (SSSR count). The summed E-state index contributed by atoms with van der Waals surface area (Å²) in [6.45, 7) is 0.403. The highest BCUT2D eigenvalue weighted by molar-refractivity contribution is 6.30. The molecule has 22 heavy (non-hydrogen) atoms. The van der Waals surface area contributed by atoms with Gasteiger partial charge in [-0.2, -0.15) is 0 Å². The molecule has 0 unspecified atom stereocenters. The number of halogens is 1. The van der Waals surface area contributed by atoms with E-state index in [-0.39, 0.29) is 13.2 Å². The number of carbonyl (C=O) groups is 1. The van der Waals surface area contributed by atoms with Crippen LogP contribution in [0.3, 0.4) is 0 Å². The summed E-state index contributed by atoms with van der Waals surface area (Å²) in [5, 5.41) is 3.11. The van der Waals surface area contributed by atoms with E-state index in [4.69, 9.17) is 22.1 Å². The molecule has 3 N–H and O–H groups in total. The normalized spacial score (nSPS) is 9.50. The number of benzene rings is 2. The molecule has 0 atom stereocenters. The Hall–Kier alpha value is -2.64. The van der Waals surface area contributed by atoms with Crippen LogP contribution in [0.4, 0.5) is 10.5 Å². The molecule has 0 aliphatic rings. The molecule has 0 saturated carbocycles. The lowest BCUT2D eigenvalue weighted by molar-refractivity contribution is 0.141. The van der Waals surface area contributed by atoms with Crippen molar-refractivity contribution in [2.45, 2.75) is 6.61 Å². The van der Waals surface area contributed by atoms with Gasteiger partial charge in [0, 0.05) is 16.3 Å². The quantitative estimate of drug-likeness (QED) is 0.675. The Morgan fingerprint density at radius 1 is 1.23 bits per heavy atom. The van der Waals surface area contributed by atoms with Crippen LogP contribution in [0.15, 0.2) is 48.5 Å². The van der Waals surface area contributed by atoms with Crippen LogP contribution in [-0.4, -0.2) is 12.6 Å². The lowest BCUT2D eigenvalue weighted by atomic mass is 10.2. The van der Waals surface area contributed by atoms with Crippen LogP contribution >= 0.6 is 11.6 Å². The highest BCUT2D eigenvalue weighted by atomic mass is 35.5. The monoisotopic (exact) mass is 314 g/mol. The maximum absolute atomic E-state index is 11.5. The zero-order chi connectivity index (χ0) is 15.8. The summed E-state index contributed by atoms with van der Waals surface area (Å²) in [6, 6.07) is 14.5. The number of nitrogens with one attached hydrogen (secondary N) is 1. The number of amides is 1. The van der Waals surface area contributed by atoms with E-state index in [1.54, 1.807) is 18.2 Å². The van der Waals surface area contributed by atoms with Crippen molar-refractivity contribution in [3.05, 3.63) is 64.7 Å². The van der Waals surface area contributed by atoms with Crippen LogP contribution in [0.5, 0.6) is 0 Å². The summed E-state index contributed by atoms with van der Waals surface area (Å²) in [7, 11) is 0. The Morgan fingerprint density at radius 3 is 2.73 bits per heavy atom. The van der Waals surface area contributed by atoms with Gasteiger partial charge in [0.1, 0.15) is 6.61 Å². The van der Waals surface area contributed by atoms with E-state index in [9.17, 15) is 4.79 Å². The van der Waals surface area contributed by atoms with E-state index in [1.807, 2.05) is 30.3 Å². The number of hydrogen-bond donors (Lipinski definition) is 2. The van der Waals surface area contributed by atoms with Gasteiger partial charge in [-0.3, -0.25) is 0 Å². The lowest BCUT2D eigenvalue weighted by Crippen LogP contribution is -2.24. The van der Waals surface area contributed by atoms with Gasteiger partial charge >= 0.3 is 6.09 Å². The molecule has 0 saturated heterocycles. The molecule has 2 aromatic carbocycles. The second-order valence-corrected chi connectivity index (χ2v) is 4.89. The van der Waals surface area contributed by atoms with Crippen molar-refractivity contribution in [1.82, 2.24) is 5.32 Å². The SMILES string of the molecule is Nc1cc(Cl)ccc1C#CCNC(=O)OCc1ccccc1. The summed E-state index contributed by atoms with van der Waals surface area (Å²) >= 11 is 5.80. The first-order valence-corrected chi connectivity index (χ1v) is 7.01. The van der Waals surface area contributed by atoms with Crippen LogP contribution < -0.4 is 11.1 Å². The summed E-state index contributed by atoms with van der Waals surface area (Å²) in [6.07, 6.45) is -0.512. The van der Waals surface area contributed by atoms with Crippen molar-refractivity contribution in [2.75, 3.05) is 12.3 Å². The second kappa shape index (κ2) is 7.96. The molecule has 4 nitrogen and oxygen atoms in total. The third kappa shape index (κ3) is 5.04. The predicted molar refractivity (Wildman–Crippen MR) is 87.4 cm³/mol. The highest BCUT2D eigenvalue weighted by Gasteiger charge is 2.00. The highest BCUT2D eigenvalue weighted by Crippen LogP contribution is 2.16. The number of carbonyl (C=O) groups excluding carboxylic acids is 1. The molecular formula is C17H15ClN2O2. The van der Waals surface area contributed by atoms with Crippen molar-refractivity contribution >= 4 is 23.4 Å². The fraction of sp³-hybridized carbons (Fsp3) is 0.118. The molecule has 0 heterocycles. The Labute approximate surface area is 134 Å². The van der Waals surface area contributed by atoms with E-state index in [0.717, 1.165) is 5.56 Å². The zero-order valence-electron chi connectivity index (χ0n) is 11.8. The first kappa shape index (κ1) is 15.7. The van der Waals surface area contributed by atoms with Crippen molar-refractivity contribution < 1.29 is 9.53 Å². The molecule has 0 bridgehead atoms. The fourth-order valence-corrected chi connectivity index (χ4v) is 1.86. The molecule has 0 aliphatic heterocycles. The van der Waals surface area contributed by atoms with Gasteiger partial charge in [-0.15, -0.1) is 0 Å². The number of nitrogens with two attached hydrogens (primary N) is 1. The van der Waals surface area contributed by atoms with Gasteiger partial charge in [-0.05, 0) is 23.8 Å². The predicted octanol–water partition coefficient (Wildman–Crippen LogP) is 3.20. The first-order valence-electron chi connectivity index (χ1n) is 6.63. The Kier molecular flexibility index (Phi) is 5.70. The molecule has 5 heteroatoms. The van der Waals surface area contributed by atoms with Gasteiger partial charge in [0.25, 0.3) is 0 Å². The maximum Gasteiger partial charge on any atom is 0.408 e. The minimum Gasteiger partial charge on any atom is -0.445 e. The Morgan fingerprint density at radius 2 is 2.00 bits per heavy atom. The first-order chi connectivity index (χ1) is 10.6. The lowest BCUT2D eigenvalue weighted by Gasteiger charge is -2.04. The van der Waals surface area contributed by atoms with Gasteiger partial charge < -0.3 is 15.8 Å². The molecule has 0 radical (unpaired) electrons. The summed E-state index contributed by atoms with van der Waals surface area (Å²) in [4.78, 5) is 11.5. The van der Waals surface area contributed by atoms with Crippen molar-refractivity contribution in [3.8, 4) is 11.8 Å². The number of anilines is 1. The van der Waals surface area contributed by atoms with E-state index >= 15 is 0 Å². The minimum absolute atomic E-state index is 0.176. The van der Waals surface area contributed by atoms with Crippen LogP contribution in [0.1, 0.15) is 11.1 Å². The van der Waals surface area contributed by atoms with Crippen LogP contribution in [-0.2, 0) is 11.3 Å². The van der Waals surface area contributed by atoms with Gasteiger partial charge in [0.2, 0.25) is 0 Å². The van der Waals surface area contributed by atoms with Crippen LogP contribution in [0, 0.1) is 11.8 Å². The third-order valence-corrected chi connectivity index (χ3v) is 3.01. The summed E-state index contributed by atoms with van der Waals surface area (Å²) in [5.41, 5.74) is 7.88. The molecule has 0 fully saturated rings. The number of ether oxygens (including phenoxy) is 1. The van der Waals surface area contributed by atoms with Crippen LogP contribution in [0.2, 0.25) is 5.02 Å². The summed E-state index contributed by atoms with van der Waals surface area (Å²) in [5.74, 6) is 5.67. The number of hydrogen-bond acceptors (Lipinski definition) is 3. The number of nitrogen functional groups attached to an aromatic ring is 1. The molecule has 1 amide bonds. The standard InChI is InChI=1S/C17H15ClN2O2/c18-15-9-8-14(16(19)11-15)7-4-10-20-17(21)22-12-13-5-2-1-3-6-13/h1-3,5-6,8-9,11H,10,12,19H2,(H,20,21). The number of rotatable bonds is 3. The van der Waals surface area contributed by atoms with E-state index < -0.39 is 6.09 Å². The van der Waals surface area contributed by atoms with Crippen molar-refractivity contribution in [1.29, 1.82) is 0 Å². The Balaban J connectivity index is 1.76. The van der Waals surface area contributed by atoms with Crippen LogP contribution in [0.25, 0.3) is 0 Å². The Bertz CT molecular complexity index is 706. The fourth-order valence-electron chi connectivity index (χ4n) is 1.68. The molecule has 112 valence electrons. The van der Waals surface area contributed by atoms with Gasteiger partial charge in [-0.25, -0.2) is 4.79 Å². The molecular weight excluding hydrogens is 300 g/mol. The molecule has 2 aromatic rings. The molecule has 0 aliphatic carbocycles. The average Bonchev–Trinajstić information content (AvgIpc) is 2.52. The number of alkyl carbamates (subject to hydrolysis) is 1. The largest absolute Gasteiger partial charge is 0.445 e. The van der Waals surface area contributed by atoms with Gasteiger partial charge in [0.15, 0.2) is 0 Å². The molecule has 0 spiro atoms. The summed E-state index contributed by atoms with van der Waals surface area (Å²) < 4.78 is 5.06.